The Morgan fingerprint density at radius 3 is 2.70 bits per heavy atom. The molecule has 3 nitrogen and oxygen atoms in total. The quantitative estimate of drug-likeness (QED) is 0.430. The first kappa shape index (κ1) is 17.8. The first-order chi connectivity index (χ1) is 9.12. The Bertz CT molecular complexity index is 411. The lowest BCUT2D eigenvalue weighted by Crippen LogP contribution is -2.43. The zero-order valence-corrected chi connectivity index (χ0v) is 15.8. The van der Waals surface area contributed by atoms with Crippen molar-refractivity contribution in [1.82, 2.24) is 10.6 Å². The summed E-state index contributed by atoms with van der Waals surface area (Å²) in [7, 11) is 1.84. The summed E-state index contributed by atoms with van der Waals surface area (Å²) in [5.41, 5.74) is 0.141. The summed E-state index contributed by atoms with van der Waals surface area (Å²) in [6, 6.07) is 4.32. The van der Waals surface area contributed by atoms with Gasteiger partial charge >= 0.3 is 0 Å². The summed E-state index contributed by atoms with van der Waals surface area (Å²) in [5.74, 6) is 1.89. The van der Waals surface area contributed by atoms with Crippen molar-refractivity contribution < 1.29 is 0 Å². The maximum Gasteiger partial charge on any atom is 0.191 e. The summed E-state index contributed by atoms with van der Waals surface area (Å²) < 4.78 is 0. The van der Waals surface area contributed by atoms with E-state index < -0.39 is 0 Å². The van der Waals surface area contributed by atoms with Crippen LogP contribution in [-0.4, -0.2) is 26.1 Å². The van der Waals surface area contributed by atoms with Crippen LogP contribution in [0.4, 0.5) is 0 Å². The highest BCUT2D eigenvalue weighted by molar-refractivity contribution is 14.0. The Morgan fingerprint density at radius 1 is 1.40 bits per heavy atom. The van der Waals surface area contributed by atoms with E-state index in [1.807, 2.05) is 18.4 Å². The fourth-order valence-corrected chi connectivity index (χ4v) is 2.93. The molecule has 1 aliphatic carbocycles. The van der Waals surface area contributed by atoms with Crippen molar-refractivity contribution in [3.05, 3.63) is 22.4 Å². The summed E-state index contributed by atoms with van der Waals surface area (Å²) in [6.07, 6.45) is 4.10. The number of hydrogen-bond acceptors (Lipinski definition) is 2. The molecule has 5 heteroatoms. The van der Waals surface area contributed by atoms with E-state index in [4.69, 9.17) is 0 Å². The summed E-state index contributed by atoms with van der Waals surface area (Å²) in [6.45, 7) is 6.47. The monoisotopic (exact) mass is 407 g/mol. The fourth-order valence-electron chi connectivity index (χ4n) is 2.08. The Labute approximate surface area is 143 Å². The molecule has 1 saturated carbocycles. The van der Waals surface area contributed by atoms with Crippen molar-refractivity contribution >= 4 is 41.3 Å². The Kier molecular flexibility index (Phi) is 7.29. The molecule has 0 spiro atoms. The molecule has 1 heterocycles. The highest BCUT2D eigenvalue weighted by Crippen LogP contribution is 2.31. The second-order valence-electron chi connectivity index (χ2n) is 5.95. The number of nitrogens with one attached hydrogen (secondary N) is 2. The third kappa shape index (κ3) is 5.60. The van der Waals surface area contributed by atoms with E-state index in [1.54, 1.807) is 0 Å². The molecule has 0 saturated heterocycles. The standard InChI is InChI=1S/C15H25N3S.HI/c1-15(2,13-5-4-10-19-13)11-18-14(16-3)17-9-8-12-6-7-12;/h4-5,10,12H,6-9,11H2,1-3H3,(H2,16,17,18);1H. The molecule has 0 unspecified atom stereocenters. The van der Waals surface area contributed by atoms with Gasteiger partial charge in [-0.05, 0) is 23.8 Å². The molecule has 1 aromatic heterocycles. The molecule has 0 aliphatic heterocycles. The zero-order chi connectivity index (χ0) is 13.7. The number of rotatable bonds is 6. The first-order valence-electron chi connectivity index (χ1n) is 7.10. The van der Waals surface area contributed by atoms with Gasteiger partial charge in [-0.25, -0.2) is 0 Å². The maximum atomic E-state index is 4.29. The van der Waals surface area contributed by atoms with Gasteiger partial charge in [0.25, 0.3) is 0 Å². The average Bonchev–Trinajstić information content (AvgIpc) is 3.03. The Morgan fingerprint density at radius 2 is 2.15 bits per heavy atom. The van der Waals surface area contributed by atoms with E-state index in [0.29, 0.717) is 0 Å². The van der Waals surface area contributed by atoms with E-state index in [-0.39, 0.29) is 29.4 Å². The average molecular weight is 407 g/mol. The van der Waals surface area contributed by atoms with Crippen molar-refractivity contribution in [3.8, 4) is 0 Å². The molecular formula is C15H26IN3S. The van der Waals surface area contributed by atoms with Gasteiger partial charge in [-0.1, -0.05) is 32.8 Å². The minimum absolute atomic E-state index is 0. The van der Waals surface area contributed by atoms with Crippen LogP contribution in [0.3, 0.4) is 0 Å². The van der Waals surface area contributed by atoms with E-state index in [0.717, 1.165) is 25.0 Å². The number of nitrogens with zero attached hydrogens (tertiary/aromatic N) is 1. The Hall–Kier alpha value is -0.300. The summed E-state index contributed by atoms with van der Waals surface area (Å²) in [4.78, 5) is 5.70. The van der Waals surface area contributed by atoms with E-state index in [1.165, 1.54) is 24.1 Å². The van der Waals surface area contributed by atoms with Crippen LogP contribution < -0.4 is 10.6 Å². The molecule has 0 atom stereocenters. The second kappa shape index (κ2) is 8.22. The molecule has 1 aromatic rings. The normalized spacial score (nSPS) is 15.7. The number of guanidine groups is 1. The van der Waals surface area contributed by atoms with Crippen LogP contribution in [0, 0.1) is 5.92 Å². The van der Waals surface area contributed by atoms with Gasteiger partial charge in [0, 0.05) is 30.4 Å². The molecule has 2 rings (SSSR count). The van der Waals surface area contributed by atoms with Gasteiger partial charge in [0.05, 0.1) is 0 Å². The minimum Gasteiger partial charge on any atom is -0.356 e. The van der Waals surface area contributed by atoms with Crippen LogP contribution >= 0.6 is 35.3 Å². The highest BCUT2D eigenvalue weighted by Gasteiger charge is 2.22. The topological polar surface area (TPSA) is 36.4 Å². The van der Waals surface area contributed by atoms with Crippen LogP contribution in [0.25, 0.3) is 0 Å². The molecule has 0 radical (unpaired) electrons. The zero-order valence-electron chi connectivity index (χ0n) is 12.6. The number of thiophene rings is 1. The van der Waals surface area contributed by atoms with Crippen LogP contribution in [-0.2, 0) is 5.41 Å². The molecule has 1 aliphatic rings. The molecule has 0 aromatic carbocycles. The van der Waals surface area contributed by atoms with Crippen molar-refractivity contribution in [2.45, 2.75) is 38.5 Å². The van der Waals surface area contributed by atoms with Crippen molar-refractivity contribution in [1.29, 1.82) is 0 Å². The third-order valence-corrected chi connectivity index (χ3v) is 4.89. The van der Waals surface area contributed by atoms with E-state index in [9.17, 15) is 0 Å². The van der Waals surface area contributed by atoms with Gasteiger partial charge in [0.15, 0.2) is 5.96 Å². The van der Waals surface area contributed by atoms with Gasteiger partial charge in [0.1, 0.15) is 0 Å². The van der Waals surface area contributed by atoms with Crippen molar-refractivity contribution in [2.75, 3.05) is 20.1 Å². The summed E-state index contributed by atoms with van der Waals surface area (Å²) >= 11 is 1.82. The molecule has 0 amide bonds. The number of halogens is 1. The smallest absolute Gasteiger partial charge is 0.191 e. The van der Waals surface area contributed by atoms with Gasteiger partial charge < -0.3 is 10.6 Å². The number of aliphatic imine (C=N–C) groups is 1. The maximum absolute atomic E-state index is 4.29. The molecule has 1 fully saturated rings. The minimum atomic E-state index is 0. The second-order valence-corrected chi connectivity index (χ2v) is 6.89. The number of hydrogen-bond donors (Lipinski definition) is 2. The fraction of sp³-hybridized carbons (Fsp3) is 0.667. The van der Waals surface area contributed by atoms with E-state index in [2.05, 4.69) is 47.0 Å². The SMILES string of the molecule is CN=C(NCCC1CC1)NCC(C)(C)c1cccs1.I. The molecule has 2 N–H and O–H groups in total. The largest absolute Gasteiger partial charge is 0.356 e. The van der Waals surface area contributed by atoms with Gasteiger partial charge in [-0.3, -0.25) is 4.99 Å². The molecule has 0 bridgehead atoms. The van der Waals surface area contributed by atoms with Crippen molar-refractivity contribution in [2.24, 2.45) is 10.9 Å². The predicted molar refractivity (Wildman–Crippen MR) is 99.5 cm³/mol. The van der Waals surface area contributed by atoms with Crippen LogP contribution in [0.5, 0.6) is 0 Å². The Balaban J connectivity index is 0.00000200. The highest BCUT2D eigenvalue weighted by atomic mass is 127. The van der Waals surface area contributed by atoms with Crippen LogP contribution in [0.15, 0.2) is 22.5 Å². The first-order valence-corrected chi connectivity index (χ1v) is 7.98. The van der Waals surface area contributed by atoms with Crippen LogP contribution in [0.1, 0.15) is 38.0 Å². The lowest BCUT2D eigenvalue weighted by molar-refractivity contribution is 0.517. The summed E-state index contributed by atoms with van der Waals surface area (Å²) in [5, 5.41) is 8.98. The van der Waals surface area contributed by atoms with Crippen LogP contribution in [0.2, 0.25) is 0 Å². The third-order valence-electron chi connectivity index (χ3n) is 3.65. The predicted octanol–water partition coefficient (Wildman–Crippen LogP) is 3.61. The van der Waals surface area contributed by atoms with Gasteiger partial charge in [-0.15, -0.1) is 35.3 Å². The molecule has 114 valence electrons. The van der Waals surface area contributed by atoms with E-state index >= 15 is 0 Å². The molecular weight excluding hydrogens is 381 g/mol. The van der Waals surface area contributed by atoms with Gasteiger partial charge in [0.2, 0.25) is 0 Å². The lowest BCUT2D eigenvalue weighted by Gasteiger charge is -2.25. The van der Waals surface area contributed by atoms with Gasteiger partial charge in [-0.2, -0.15) is 0 Å². The molecule has 20 heavy (non-hydrogen) atoms. The lowest BCUT2D eigenvalue weighted by atomic mass is 9.91. The van der Waals surface area contributed by atoms with Crippen molar-refractivity contribution in [3.63, 3.8) is 0 Å².